The standard InChI is InChI=1S/C19H18ClN3O/c1-13(2)14-3-7-17(8-4-14)22-12-15(11-21)19(24)23-18-9-5-16(20)6-10-18/h3-10,12-13,22H,1-2H3,(H,23,24)/b15-12-. The molecule has 0 unspecified atom stereocenters. The van der Waals surface area contributed by atoms with Crippen LogP contribution < -0.4 is 10.6 Å². The van der Waals surface area contributed by atoms with Gasteiger partial charge in [-0.1, -0.05) is 37.6 Å². The van der Waals surface area contributed by atoms with Crippen molar-refractivity contribution in [2.45, 2.75) is 19.8 Å². The van der Waals surface area contributed by atoms with E-state index in [1.54, 1.807) is 24.3 Å². The zero-order valence-electron chi connectivity index (χ0n) is 13.5. The van der Waals surface area contributed by atoms with Crippen molar-refractivity contribution < 1.29 is 4.79 Å². The Morgan fingerprint density at radius 1 is 1.08 bits per heavy atom. The third kappa shape index (κ3) is 4.87. The van der Waals surface area contributed by atoms with Crippen molar-refractivity contribution in [3.05, 3.63) is 70.9 Å². The van der Waals surface area contributed by atoms with Crippen LogP contribution in [0.3, 0.4) is 0 Å². The fourth-order valence-electron chi connectivity index (χ4n) is 2.00. The van der Waals surface area contributed by atoms with Crippen LogP contribution >= 0.6 is 11.6 Å². The van der Waals surface area contributed by atoms with Gasteiger partial charge in [-0.05, 0) is 47.9 Å². The Bertz CT molecular complexity index is 772. The molecule has 4 nitrogen and oxygen atoms in total. The van der Waals surface area contributed by atoms with Crippen LogP contribution in [0.1, 0.15) is 25.3 Å². The molecule has 1 amide bonds. The fourth-order valence-corrected chi connectivity index (χ4v) is 2.13. The van der Waals surface area contributed by atoms with Crippen LogP contribution in [0.2, 0.25) is 5.02 Å². The van der Waals surface area contributed by atoms with Crippen LogP contribution in [-0.4, -0.2) is 5.91 Å². The summed E-state index contributed by atoms with van der Waals surface area (Å²) in [5, 5.41) is 15.4. The van der Waals surface area contributed by atoms with Gasteiger partial charge in [-0.2, -0.15) is 5.26 Å². The Balaban J connectivity index is 2.04. The van der Waals surface area contributed by atoms with Gasteiger partial charge in [0.2, 0.25) is 0 Å². The van der Waals surface area contributed by atoms with Crippen LogP contribution in [0.25, 0.3) is 0 Å². The van der Waals surface area contributed by atoms with Crippen molar-refractivity contribution in [1.29, 1.82) is 5.26 Å². The average Bonchev–Trinajstić information content (AvgIpc) is 2.58. The molecule has 0 saturated carbocycles. The molecule has 0 atom stereocenters. The van der Waals surface area contributed by atoms with Crippen molar-refractivity contribution in [3.8, 4) is 6.07 Å². The van der Waals surface area contributed by atoms with Gasteiger partial charge in [0.05, 0.1) is 0 Å². The summed E-state index contributed by atoms with van der Waals surface area (Å²) < 4.78 is 0. The van der Waals surface area contributed by atoms with Crippen LogP contribution in [0, 0.1) is 11.3 Å². The SMILES string of the molecule is CC(C)c1ccc(N/C=C(/C#N)C(=O)Nc2ccc(Cl)cc2)cc1. The molecular weight excluding hydrogens is 322 g/mol. The summed E-state index contributed by atoms with van der Waals surface area (Å²) in [6, 6.07) is 16.4. The van der Waals surface area contributed by atoms with Gasteiger partial charge >= 0.3 is 0 Å². The third-order valence-corrected chi connectivity index (χ3v) is 3.68. The third-order valence-electron chi connectivity index (χ3n) is 3.43. The highest BCUT2D eigenvalue weighted by atomic mass is 35.5. The first-order valence-electron chi connectivity index (χ1n) is 7.53. The van der Waals surface area contributed by atoms with Crippen LogP contribution in [0.5, 0.6) is 0 Å². The van der Waals surface area contributed by atoms with Gasteiger partial charge < -0.3 is 10.6 Å². The smallest absolute Gasteiger partial charge is 0.267 e. The molecular formula is C19H18ClN3O. The molecule has 2 N–H and O–H groups in total. The molecule has 0 radical (unpaired) electrons. The molecule has 0 bridgehead atoms. The maximum Gasteiger partial charge on any atom is 0.267 e. The van der Waals surface area contributed by atoms with Gasteiger partial charge in [-0.15, -0.1) is 0 Å². The van der Waals surface area contributed by atoms with E-state index in [0.29, 0.717) is 16.6 Å². The number of nitrogens with one attached hydrogen (secondary N) is 2. The van der Waals surface area contributed by atoms with Crippen molar-refractivity contribution in [1.82, 2.24) is 0 Å². The lowest BCUT2D eigenvalue weighted by Gasteiger charge is -2.07. The minimum absolute atomic E-state index is 0.0158. The highest BCUT2D eigenvalue weighted by Gasteiger charge is 2.09. The number of rotatable bonds is 5. The molecule has 2 aromatic carbocycles. The van der Waals surface area contributed by atoms with Crippen molar-refractivity contribution in [2.75, 3.05) is 10.6 Å². The Kier molecular flexibility index (Phi) is 6.00. The summed E-state index contributed by atoms with van der Waals surface area (Å²) in [5.41, 5.74) is 2.60. The van der Waals surface area contributed by atoms with Gasteiger partial charge in [-0.3, -0.25) is 4.79 Å². The maximum atomic E-state index is 12.1. The Labute approximate surface area is 146 Å². The average molecular weight is 340 g/mol. The minimum atomic E-state index is -0.480. The van der Waals surface area contributed by atoms with Crippen LogP contribution in [0.15, 0.2) is 60.3 Å². The van der Waals surface area contributed by atoms with E-state index in [1.165, 1.54) is 11.8 Å². The summed E-state index contributed by atoms with van der Waals surface area (Å²) in [5.74, 6) is -0.0273. The molecule has 24 heavy (non-hydrogen) atoms. The number of amides is 1. The van der Waals surface area contributed by atoms with Crippen molar-refractivity contribution in [3.63, 3.8) is 0 Å². The summed E-state index contributed by atoms with van der Waals surface area (Å²) in [7, 11) is 0. The zero-order valence-corrected chi connectivity index (χ0v) is 14.3. The number of halogens is 1. The van der Waals surface area contributed by atoms with Gasteiger partial charge in [0.15, 0.2) is 0 Å². The highest BCUT2D eigenvalue weighted by Crippen LogP contribution is 2.18. The first-order valence-corrected chi connectivity index (χ1v) is 7.91. The number of carbonyl (C=O) groups is 1. The lowest BCUT2D eigenvalue weighted by molar-refractivity contribution is -0.112. The fraction of sp³-hybridized carbons (Fsp3) is 0.158. The molecule has 0 fully saturated rings. The predicted octanol–water partition coefficient (Wildman–Crippen LogP) is 4.92. The quantitative estimate of drug-likeness (QED) is 0.600. The number of carbonyl (C=O) groups excluding carboxylic acids is 1. The predicted molar refractivity (Wildman–Crippen MR) is 97.9 cm³/mol. The van der Waals surface area contributed by atoms with E-state index in [2.05, 4.69) is 24.5 Å². The Morgan fingerprint density at radius 3 is 2.21 bits per heavy atom. The molecule has 0 aliphatic carbocycles. The monoisotopic (exact) mass is 339 g/mol. The number of benzene rings is 2. The van der Waals surface area contributed by atoms with E-state index >= 15 is 0 Å². The van der Waals surface area contributed by atoms with Crippen molar-refractivity contribution >= 4 is 28.9 Å². The first-order chi connectivity index (χ1) is 11.5. The molecule has 0 aliphatic heterocycles. The molecule has 122 valence electrons. The van der Waals surface area contributed by atoms with E-state index in [-0.39, 0.29) is 5.57 Å². The molecule has 2 aromatic rings. The second-order valence-corrected chi connectivity index (χ2v) is 5.99. The number of nitriles is 1. The second kappa shape index (κ2) is 8.19. The van der Waals surface area contributed by atoms with Gasteiger partial charge in [0.25, 0.3) is 5.91 Å². The van der Waals surface area contributed by atoms with E-state index in [9.17, 15) is 10.1 Å². The lowest BCUT2D eigenvalue weighted by atomic mass is 10.0. The Morgan fingerprint density at radius 2 is 1.67 bits per heavy atom. The first kappa shape index (κ1) is 17.6. The van der Waals surface area contributed by atoms with Gasteiger partial charge in [0, 0.05) is 22.6 Å². The second-order valence-electron chi connectivity index (χ2n) is 5.55. The summed E-state index contributed by atoms with van der Waals surface area (Å²) in [4.78, 5) is 12.1. The number of anilines is 2. The Hall–Kier alpha value is -2.77. The highest BCUT2D eigenvalue weighted by molar-refractivity contribution is 6.30. The summed E-state index contributed by atoms with van der Waals surface area (Å²) in [6.07, 6.45) is 1.40. The molecule has 0 saturated heterocycles. The molecule has 5 heteroatoms. The lowest BCUT2D eigenvalue weighted by Crippen LogP contribution is -2.14. The normalized spacial score (nSPS) is 11.0. The molecule has 0 spiro atoms. The summed E-state index contributed by atoms with van der Waals surface area (Å²) in [6.45, 7) is 4.24. The van der Waals surface area contributed by atoms with Crippen LogP contribution in [0.4, 0.5) is 11.4 Å². The zero-order chi connectivity index (χ0) is 17.5. The van der Waals surface area contributed by atoms with E-state index in [0.717, 1.165) is 5.69 Å². The number of hydrogen-bond acceptors (Lipinski definition) is 3. The van der Waals surface area contributed by atoms with Gasteiger partial charge in [-0.25, -0.2) is 0 Å². The molecule has 2 rings (SSSR count). The maximum absolute atomic E-state index is 12.1. The van der Waals surface area contributed by atoms with Crippen LogP contribution in [-0.2, 0) is 4.79 Å². The van der Waals surface area contributed by atoms with E-state index in [4.69, 9.17) is 11.6 Å². The minimum Gasteiger partial charge on any atom is -0.360 e. The largest absolute Gasteiger partial charge is 0.360 e. The van der Waals surface area contributed by atoms with E-state index in [1.807, 2.05) is 30.3 Å². The number of hydrogen-bond donors (Lipinski definition) is 2. The van der Waals surface area contributed by atoms with Crippen molar-refractivity contribution in [2.24, 2.45) is 0 Å². The topological polar surface area (TPSA) is 64.9 Å². The number of nitrogens with zero attached hydrogens (tertiary/aromatic N) is 1. The molecule has 0 heterocycles. The molecule has 0 aliphatic rings. The van der Waals surface area contributed by atoms with Gasteiger partial charge in [0.1, 0.15) is 11.6 Å². The van der Waals surface area contributed by atoms with E-state index < -0.39 is 5.91 Å². The summed E-state index contributed by atoms with van der Waals surface area (Å²) >= 11 is 5.80. The molecule has 0 aromatic heterocycles.